The molecule has 2 aliphatic rings. The number of hydrogen-bond donors (Lipinski definition) is 0. The van der Waals surface area contributed by atoms with Crippen LogP contribution in [0.4, 0.5) is 0 Å². The Kier molecular flexibility index (Phi) is 6.80. The third kappa shape index (κ3) is 5.32. The van der Waals surface area contributed by atoms with Gasteiger partial charge in [0.15, 0.2) is 5.82 Å². The Balaban J connectivity index is 1.90. The predicted octanol–water partition coefficient (Wildman–Crippen LogP) is 4.73. The van der Waals surface area contributed by atoms with Crippen molar-refractivity contribution in [2.75, 3.05) is 0 Å². The lowest BCUT2D eigenvalue weighted by Crippen LogP contribution is -2.41. The summed E-state index contributed by atoms with van der Waals surface area (Å²) in [4.78, 5) is 14.8. The summed E-state index contributed by atoms with van der Waals surface area (Å²) < 4.78 is 25.8. The topological polar surface area (TPSA) is 75.6 Å². The standard InChI is InChI=1S/C29H45B2N3O4/c1-24(2,3)22-32-21(33-23(34-22)25(4,5)6)18-15-19(30-35-26(7,8)27(9,10)36-30)17-20(16-18)31-37-28(11,12)29(13,14)38-31/h15-17H,1-14H3. The van der Waals surface area contributed by atoms with Gasteiger partial charge in [0.05, 0.1) is 22.4 Å². The van der Waals surface area contributed by atoms with E-state index in [0.717, 1.165) is 28.1 Å². The van der Waals surface area contributed by atoms with Crippen LogP contribution in [-0.2, 0) is 29.4 Å². The Morgan fingerprint density at radius 1 is 0.526 bits per heavy atom. The maximum absolute atomic E-state index is 6.44. The van der Waals surface area contributed by atoms with E-state index in [1.807, 2.05) is 0 Å². The van der Waals surface area contributed by atoms with Crippen molar-refractivity contribution < 1.29 is 18.6 Å². The van der Waals surface area contributed by atoms with Crippen LogP contribution in [0.2, 0.25) is 0 Å². The number of hydrogen-bond acceptors (Lipinski definition) is 7. The summed E-state index contributed by atoms with van der Waals surface area (Å²) in [6, 6.07) is 6.18. The third-order valence-corrected chi connectivity index (χ3v) is 8.26. The second-order valence-electron chi connectivity index (χ2n) is 14.9. The molecule has 0 N–H and O–H groups in total. The van der Waals surface area contributed by atoms with Gasteiger partial charge in [-0.1, -0.05) is 59.7 Å². The van der Waals surface area contributed by atoms with E-state index in [4.69, 9.17) is 33.6 Å². The molecular weight excluding hydrogens is 476 g/mol. The Morgan fingerprint density at radius 2 is 0.842 bits per heavy atom. The maximum Gasteiger partial charge on any atom is 0.494 e. The van der Waals surface area contributed by atoms with E-state index >= 15 is 0 Å². The van der Waals surface area contributed by atoms with E-state index in [9.17, 15) is 0 Å². The van der Waals surface area contributed by atoms with Gasteiger partial charge >= 0.3 is 14.2 Å². The summed E-state index contributed by atoms with van der Waals surface area (Å²) in [5.41, 5.74) is 0.246. The fourth-order valence-electron chi connectivity index (χ4n) is 4.21. The average Bonchev–Trinajstić information content (AvgIpc) is 3.11. The van der Waals surface area contributed by atoms with Gasteiger partial charge < -0.3 is 18.6 Å². The predicted molar refractivity (Wildman–Crippen MR) is 154 cm³/mol. The minimum Gasteiger partial charge on any atom is -0.399 e. The molecule has 0 bridgehead atoms. The van der Waals surface area contributed by atoms with Gasteiger partial charge in [-0.15, -0.1) is 0 Å². The van der Waals surface area contributed by atoms with Crippen LogP contribution in [0.5, 0.6) is 0 Å². The summed E-state index contributed by atoms with van der Waals surface area (Å²) in [7, 11) is -1.10. The lowest BCUT2D eigenvalue weighted by molar-refractivity contribution is 0.00578. The largest absolute Gasteiger partial charge is 0.494 e. The molecule has 3 heterocycles. The lowest BCUT2D eigenvalue weighted by atomic mass is 9.71. The first kappa shape index (κ1) is 29.2. The van der Waals surface area contributed by atoms with E-state index in [0.29, 0.717) is 5.82 Å². The highest BCUT2D eigenvalue weighted by Crippen LogP contribution is 2.38. The lowest BCUT2D eigenvalue weighted by Gasteiger charge is -2.32. The molecule has 0 atom stereocenters. The second kappa shape index (κ2) is 8.85. The molecule has 2 aromatic rings. The van der Waals surface area contributed by atoms with Crippen LogP contribution in [0.25, 0.3) is 11.4 Å². The molecule has 9 heteroatoms. The molecule has 7 nitrogen and oxygen atoms in total. The van der Waals surface area contributed by atoms with Gasteiger partial charge in [-0.25, -0.2) is 15.0 Å². The minimum absolute atomic E-state index is 0.240. The van der Waals surface area contributed by atoms with Crippen LogP contribution in [0.15, 0.2) is 18.2 Å². The third-order valence-electron chi connectivity index (χ3n) is 8.26. The van der Waals surface area contributed by atoms with E-state index in [1.165, 1.54) is 0 Å². The summed E-state index contributed by atoms with van der Waals surface area (Å²) in [6.07, 6.45) is 0. The van der Waals surface area contributed by atoms with E-state index < -0.39 is 36.6 Å². The molecule has 0 spiro atoms. The van der Waals surface area contributed by atoms with Crippen LogP contribution >= 0.6 is 0 Å². The zero-order valence-electron chi connectivity index (χ0n) is 25.9. The Labute approximate surface area is 230 Å². The van der Waals surface area contributed by atoms with Crippen molar-refractivity contribution in [1.82, 2.24) is 15.0 Å². The average molecular weight is 521 g/mol. The zero-order chi connectivity index (χ0) is 28.7. The van der Waals surface area contributed by atoms with Crippen LogP contribution in [-0.4, -0.2) is 51.6 Å². The number of nitrogens with zero attached hydrogens (tertiary/aromatic N) is 3. The molecule has 2 saturated heterocycles. The minimum atomic E-state index is -0.549. The van der Waals surface area contributed by atoms with Crippen LogP contribution in [0, 0.1) is 0 Å². The molecule has 0 aliphatic carbocycles. The van der Waals surface area contributed by atoms with Crippen molar-refractivity contribution in [3.05, 3.63) is 29.8 Å². The Bertz CT molecular complexity index is 1110. The van der Waals surface area contributed by atoms with Gasteiger partial charge in [0, 0.05) is 16.4 Å². The van der Waals surface area contributed by atoms with E-state index in [-0.39, 0.29) is 10.8 Å². The zero-order valence-corrected chi connectivity index (χ0v) is 25.9. The van der Waals surface area contributed by atoms with Crippen molar-refractivity contribution in [1.29, 1.82) is 0 Å². The highest BCUT2D eigenvalue weighted by atomic mass is 16.7. The van der Waals surface area contributed by atoms with Crippen LogP contribution in [0.1, 0.15) is 109 Å². The molecule has 2 aliphatic heterocycles. The highest BCUT2D eigenvalue weighted by molar-refractivity contribution is 6.66. The summed E-state index contributed by atoms with van der Waals surface area (Å²) >= 11 is 0. The molecule has 0 radical (unpaired) electrons. The van der Waals surface area contributed by atoms with Crippen LogP contribution in [0.3, 0.4) is 0 Å². The van der Waals surface area contributed by atoms with Gasteiger partial charge in [-0.3, -0.25) is 0 Å². The maximum atomic E-state index is 6.44. The molecule has 0 saturated carbocycles. The van der Waals surface area contributed by atoms with Gasteiger partial charge in [-0.05, 0) is 66.3 Å². The normalized spacial score (nSPS) is 22.3. The smallest absolute Gasteiger partial charge is 0.399 e. The van der Waals surface area contributed by atoms with Crippen LogP contribution < -0.4 is 10.9 Å². The Morgan fingerprint density at radius 3 is 1.13 bits per heavy atom. The molecular formula is C29H45B2N3O4. The number of aromatic nitrogens is 3. The second-order valence-corrected chi connectivity index (χ2v) is 14.9. The Hall–Kier alpha value is -1.80. The molecule has 1 aromatic heterocycles. The van der Waals surface area contributed by atoms with Gasteiger partial charge in [-0.2, -0.15) is 0 Å². The molecule has 2 fully saturated rings. The first-order valence-corrected chi connectivity index (χ1v) is 13.7. The SMILES string of the molecule is CC(C)(C)c1nc(-c2cc(B3OC(C)(C)C(C)(C)O3)cc(B3OC(C)(C)C(C)(C)O3)c2)nc(C(C)(C)C)n1. The van der Waals surface area contributed by atoms with E-state index in [1.54, 1.807) is 0 Å². The molecule has 4 rings (SSSR count). The quantitative estimate of drug-likeness (QED) is 0.541. The van der Waals surface area contributed by atoms with Crippen molar-refractivity contribution >= 4 is 25.2 Å². The summed E-state index contributed by atoms with van der Waals surface area (Å²) in [6.45, 7) is 29.2. The van der Waals surface area contributed by atoms with Crippen molar-refractivity contribution in [3.8, 4) is 11.4 Å². The summed E-state index contributed by atoms with van der Waals surface area (Å²) in [5, 5.41) is 0. The number of benzene rings is 1. The molecule has 38 heavy (non-hydrogen) atoms. The highest BCUT2D eigenvalue weighted by Gasteiger charge is 2.54. The first-order valence-electron chi connectivity index (χ1n) is 13.7. The number of rotatable bonds is 3. The van der Waals surface area contributed by atoms with Crippen molar-refractivity contribution in [2.45, 2.75) is 130 Å². The van der Waals surface area contributed by atoms with Gasteiger partial charge in [0.25, 0.3) is 0 Å². The molecule has 0 amide bonds. The van der Waals surface area contributed by atoms with E-state index in [2.05, 4.69) is 115 Å². The van der Waals surface area contributed by atoms with Gasteiger partial charge in [0.1, 0.15) is 11.6 Å². The monoisotopic (exact) mass is 521 g/mol. The molecule has 1 aromatic carbocycles. The fourth-order valence-corrected chi connectivity index (χ4v) is 4.21. The molecule has 206 valence electrons. The first-order chi connectivity index (χ1) is 17.0. The van der Waals surface area contributed by atoms with Crippen molar-refractivity contribution in [2.24, 2.45) is 0 Å². The van der Waals surface area contributed by atoms with Gasteiger partial charge in [0.2, 0.25) is 0 Å². The summed E-state index contributed by atoms with van der Waals surface area (Å²) in [5.74, 6) is 2.13. The fraction of sp³-hybridized carbons (Fsp3) is 0.690. The van der Waals surface area contributed by atoms with Crippen molar-refractivity contribution in [3.63, 3.8) is 0 Å². The molecule has 0 unspecified atom stereocenters.